The summed E-state index contributed by atoms with van der Waals surface area (Å²) in [5.74, 6) is 0.222. The van der Waals surface area contributed by atoms with Gasteiger partial charge in [0.25, 0.3) is 0 Å². The maximum atomic E-state index is 13.9. The second kappa shape index (κ2) is 4.28. The van der Waals surface area contributed by atoms with Crippen molar-refractivity contribution in [1.82, 2.24) is 14.6 Å². The second-order valence-electron chi connectivity index (χ2n) is 5.05. The fourth-order valence-corrected chi connectivity index (χ4v) is 2.66. The summed E-state index contributed by atoms with van der Waals surface area (Å²) in [6, 6.07) is 8.23. The van der Waals surface area contributed by atoms with E-state index in [-0.39, 0.29) is 5.82 Å². The van der Waals surface area contributed by atoms with Crippen molar-refractivity contribution < 1.29 is 4.39 Å². The van der Waals surface area contributed by atoms with Gasteiger partial charge in [0.05, 0.1) is 11.9 Å². The molecule has 1 fully saturated rings. The zero-order valence-corrected chi connectivity index (χ0v) is 11.3. The van der Waals surface area contributed by atoms with Crippen LogP contribution in [0.5, 0.6) is 0 Å². The molecule has 100 valence electrons. The average molecular weight is 288 g/mol. The molecule has 2 aromatic heterocycles. The lowest BCUT2D eigenvalue weighted by Crippen LogP contribution is -1.96. The van der Waals surface area contributed by atoms with E-state index >= 15 is 0 Å². The molecule has 0 amide bonds. The molecule has 0 saturated heterocycles. The molecule has 5 heteroatoms. The number of benzene rings is 1. The van der Waals surface area contributed by atoms with Gasteiger partial charge in [0, 0.05) is 17.2 Å². The number of fused-ring (bicyclic) bond motifs is 1. The van der Waals surface area contributed by atoms with Gasteiger partial charge in [-0.3, -0.25) is 0 Å². The zero-order chi connectivity index (χ0) is 13.7. The van der Waals surface area contributed by atoms with Crippen molar-refractivity contribution in [2.24, 2.45) is 0 Å². The SMILES string of the molecule is Fc1ccccc1-c1cc(Cl)n2ncc(C3CC3)c2n1. The van der Waals surface area contributed by atoms with E-state index in [4.69, 9.17) is 11.6 Å². The summed E-state index contributed by atoms with van der Waals surface area (Å²) in [6.07, 6.45) is 4.13. The van der Waals surface area contributed by atoms with E-state index < -0.39 is 0 Å². The molecular formula is C15H11ClFN3. The highest BCUT2D eigenvalue weighted by Gasteiger charge is 2.28. The fraction of sp³-hybridized carbons (Fsp3) is 0.200. The van der Waals surface area contributed by atoms with Crippen LogP contribution in [-0.2, 0) is 0 Å². The summed E-state index contributed by atoms with van der Waals surface area (Å²) in [4.78, 5) is 4.56. The van der Waals surface area contributed by atoms with Crippen molar-refractivity contribution in [1.29, 1.82) is 0 Å². The first kappa shape index (κ1) is 11.9. The topological polar surface area (TPSA) is 30.2 Å². The summed E-state index contributed by atoms with van der Waals surface area (Å²) in [5, 5.41) is 4.71. The summed E-state index contributed by atoms with van der Waals surface area (Å²) >= 11 is 6.24. The average Bonchev–Trinajstić information content (AvgIpc) is 3.19. The van der Waals surface area contributed by atoms with Crippen LogP contribution in [0.25, 0.3) is 16.9 Å². The van der Waals surface area contributed by atoms with Gasteiger partial charge in [0.15, 0.2) is 5.65 Å². The largest absolute Gasteiger partial charge is 0.228 e. The van der Waals surface area contributed by atoms with Crippen LogP contribution < -0.4 is 0 Å². The molecule has 1 saturated carbocycles. The van der Waals surface area contributed by atoms with E-state index in [9.17, 15) is 4.39 Å². The third-order valence-corrected chi connectivity index (χ3v) is 3.89. The molecule has 20 heavy (non-hydrogen) atoms. The first-order valence-electron chi connectivity index (χ1n) is 6.53. The van der Waals surface area contributed by atoms with Crippen LogP contribution in [0.3, 0.4) is 0 Å². The third-order valence-electron chi connectivity index (χ3n) is 3.62. The van der Waals surface area contributed by atoms with Crippen molar-refractivity contribution in [3.05, 3.63) is 53.1 Å². The maximum Gasteiger partial charge on any atom is 0.160 e. The van der Waals surface area contributed by atoms with Gasteiger partial charge in [-0.25, -0.2) is 13.9 Å². The molecule has 1 aromatic carbocycles. The van der Waals surface area contributed by atoms with Gasteiger partial charge in [0.2, 0.25) is 0 Å². The van der Waals surface area contributed by atoms with E-state index in [2.05, 4.69) is 10.1 Å². The Kier molecular flexibility index (Phi) is 2.54. The molecule has 3 aromatic rings. The molecule has 0 radical (unpaired) electrons. The second-order valence-corrected chi connectivity index (χ2v) is 5.44. The number of hydrogen-bond acceptors (Lipinski definition) is 2. The highest BCUT2D eigenvalue weighted by molar-refractivity contribution is 6.30. The van der Waals surface area contributed by atoms with Gasteiger partial charge >= 0.3 is 0 Å². The van der Waals surface area contributed by atoms with Crippen LogP contribution in [0.2, 0.25) is 5.15 Å². The van der Waals surface area contributed by atoms with Gasteiger partial charge < -0.3 is 0 Å². The molecule has 0 spiro atoms. The van der Waals surface area contributed by atoms with E-state index in [0.717, 1.165) is 24.1 Å². The van der Waals surface area contributed by atoms with Gasteiger partial charge in [-0.1, -0.05) is 23.7 Å². The van der Waals surface area contributed by atoms with Crippen molar-refractivity contribution >= 4 is 17.2 Å². The van der Waals surface area contributed by atoms with Crippen molar-refractivity contribution in [3.63, 3.8) is 0 Å². The highest BCUT2D eigenvalue weighted by Crippen LogP contribution is 2.42. The number of rotatable bonds is 2. The lowest BCUT2D eigenvalue weighted by atomic mass is 10.1. The minimum atomic E-state index is -0.298. The normalized spacial score (nSPS) is 14.9. The third kappa shape index (κ3) is 1.79. The van der Waals surface area contributed by atoms with E-state index in [1.807, 2.05) is 6.20 Å². The van der Waals surface area contributed by atoms with Gasteiger partial charge in [0.1, 0.15) is 11.0 Å². The summed E-state index contributed by atoms with van der Waals surface area (Å²) in [6.45, 7) is 0. The summed E-state index contributed by atoms with van der Waals surface area (Å²) in [5.41, 5.74) is 2.84. The van der Waals surface area contributed by atoms with Crippen molar-refractivity contribution in [3.8, 4) is 11.3 Å². The van der Waals surface area contributed by atoms with Gasteiger partial charge in [-0.05, 0) is 30.9 Å². The minimum Gasteiger partial charge on any atom is -0.228 e. The molecule has 2 heterocycles. The lowest BCUT2D eigenvalue weighted by Gasteiger charge is -2.05. The van der Waals surface area contributed by atoms with Crippen LogP contribution in [0.15, 0.2) is 36.5 Å². The number of halogens is 2. The Morgan fingerprint density at radius 2 is 2.05 bits per heavy atom. The van der Waals surface area contributed by atoms with Crippen LogP contribution in [0.1, 0.15) is 24.3 Å². The van der Waals surface area contributed by atoms with Crippen LogP contribution in [0.4, 0.5) is 4.39 Å². The summed E-state index contributed by atoms with van der Waals surface area (Å²) in [7, 11) is 0. The molecule has 1 aliphatic rings. The first-order chi connectivity index (χ1) is 9.74. The smallest absolute Gasteiger partial charge is 0.160 e. The number of hydrogen-bond donors (Lipinski definition) is 0. The molecule has 4 rings (SSSR count). The monoisotopic (exact) mass is 287 g/mol. The number of nitrogens with zero attached hydrogens (tertiary/aromatic N) is 3. The molecule has 3 nitrogen and oxygen atoms in total. The Balaban J connectivity index is 1.97. The minimum absolute atomic E-state index is 0.298. The molecule has 0 atom stereocenters. The predicted molar refractivity (Wildman–Crippen MR) is 75.4 cm³/mol. The molecule has 1 aliphatic carbocycles. The molecule has 0 aliphatic heterocycles. The highest BCUT2D eigenvalue weighted by atomic mass is 35.5. The lowest BCUT2D eigenvalue weighted by molar-refractivity contribution is 0.630. The predicted octanol–water partition coefficient (Wildman–Crippen LogP) is 4.07. The summed E-state index contributed by atoms with van der Waals surface area (Å²) < 4.78 is 15.5. The maximum absolute atomic E-state index is 13.9. The van der Waals surface area contributed by atoms with E-state index in [1.165, 1.54) is 6.07 Å². The Morgan fingerprint density at radius 3 is 2.80 bits per heavy atom. The standard InChI is InChI=1S/C15H11ClFN3/c16-14-7-13(10-3-1-2-4-12(10)17)19-15-11(9-5-6-9)8-18-20(14)15/h1-4,7-9H,5-6H2. The molecule has 0 unspecified atom stereocenters. The Morgan fingerprint density at radius 1 is 1.25 bits per heavy atom. The van der Waals surface area contributed by atoms with Crippen molar-refractivity contribution in [2.75, 3.05) is 0 Å². The van der Waals surface area contributed by atoms with E-state index in [1.54, 1.807) is 28.8 Å². The Bertz CT molecular complexity index is 808. The molecule has 0 bridgehead atoms. The van der Waals surface area contributed by atoms with Crippen LogP contribution >= 0.6 is 11.6 Å². The molecule has 0 N–H and O–H groups in total. The van der Waals surface area contributed by atoms with Gasteiger partial charge in [-0.2, -0.15) is 5.10 Å². The van der Waals surface area contributed by atoms with E-state index in [0.29, 0.717) is 22.3 Å². The number of aromatic nitrogens is 3. The zero-order valence-electron chi connectivity index (χ0n) is 10.6. The Labute approximate surface area is 120 Å². The first-order valence-corrected chi connectivity index (χ1v) is 6.91. The molecular weight excluding hydrogens is 277 g/mol. The quantitative estimate of drug-likeness (QED) is 0.665. The van der Waals surface area contributed by atoms with Crippen LogP contribution in [0, 0.1) is 5.82 Å². The van der Waals surface area contributed by atoms with Crippen molar-refractivity contribution in [2.45, 2.75) is 18.8 Å². The van der Waals surface area contributed by atoms with Gasteiger partial charge in [-0.15, -0.1) is 0 Å². The van der Waals surface area contributed by atoms with Crippen LogP contribution in [-0.4, -0.2) is 14.6 Å². The Hall–Kier alpha value is -1.94. The fourth-order valence-electron chi connectivity index (χ4n) is 2.43.